The molecule has 12 heavy (non-hydrogen) atoms. The van der Waals surface area contributed by atoms with Gasteiger partial charge in [-0.05, 0) is 34.7 Å². The number of halogens is 2. The second-order valence-corrected chi connectivity index (χ2v) is 4.12. The number of methoxy groups -OCH3 is 1. The van der Waals surface area contributed by atoms with Crippen LogP contribution in [0.4, 0.5) is 0 Å². The number of carbonyl (C=O) groups is 1. The Hall–Kier alpha value is -0.100. The maximum atomic E-state index is 10.6. The molecule has 1 aromatic carbocycles. The second-order valence-electron chi connectivity index (χ2n) is 2.13. The van der Waals surface area contributed by atoms with Crippen LogP contribution >= 0.6 is 38.5 Å². The van der Waals surface area contributed by atoms with E-state index in [0.717, 1.165) is 14.3 Å². The van der Waals surface area contributed by atoms with Crippen molar-refractivity contribution in [3.63, 3.8) is 0 Å². The summed E-state index contributed by atoms with van der Waals surface area (Å²) in [6, 6.07) is 3.59. The highest BCUT2D eigenvalue weighted by atomic mass is 127. The molecule has 0 spiro atoms. The molecular weight excluding hydrogens is 335 g/mol. The average Bonchev–Trinajstić information content (AvgIpc) is 2.08. The Morgan fingerprint density at radius 3 is 2.75 bits per heavy atom. The molecular formula is C8H6BrIO2. The van der Waals surface area contributed by atoms with Gasteiger partial charge in [0.2, 0.25) is 0 Å². The van der Waals surface area contributed by atoms with Crippen molar-refractivity contribution < 1.29 is 9.53 Å². The molecule has 0 aliphatic heterocycles. The molecule has 1 aromatic rings. The predicted molar refractivity (Wildman–Crippen MR) is 58.8 cm³/mol. The zero-order valence-electron chi connectivity index (χ0n) is 6.30. The van der Waals surface area contributed by atoms with Crippen molar-refractivity contribution in [3.05, 3.63) is 25.7 Å². The highest BCUT2D eigenvalue weighted by molar-refractivity contribution is 14.1. The molecule has 2 nitrogen and oxygen atoms in total. The maximum Gasteiger partial charge on any atom is 0.151 e. The van der Waals surface area contributed by atoms with Gasteiger partial charge in [-0.15, -0.1) is 0 Å². The zero-order chi connectivity index (χ0) is 9.14. The fourth-order valence-electron chi connectivity index (χ4n) is 0.819. The summed E-state index contributed by atoms with van der Waals surface area (Å²) < 4.78 is 6.76. The van der Waals surface area contributed by atoms with Crippen LogP contribution in [0, 0.1) is 3.57 Å². The molecule has 0 unspecified atom stereocenters. The van der Waals surface area contributed by atoms with Crippen molar-refractivity contribution in [2.24, 2.45) is 0 Å². The minimum absolute atomic E-state index is 0.641. The summed E-state index contributed by atoms with van der Waals surface area (Å²) in [6.45, 7) is 0. The van der Waals surface area contributed by atoms with E-state index in [4.69, 9.17) is 4.74 Å². The number of hydrogen-bond acceptors (Lipinski definition) is 2. The summed E-state index contributed by atoms with van der Waals surface area (Å²) in [5, 5.41) is 0. The number of carbonyl (C=O) groups excluding carboxylic acids is 1. The van der Waals surface area contributed by atoms with Crippen molar-refractivity contribution in [1.82, 2.24) is 0 Å². The van der Waals surface area contributed by atoms with Crippen molar-refractivity contribution in [1.29, 1.82) is 0 Å². The number of aldehydes is 1. The van der Waals surface area contributed by atoms with Crippen molar-refractivity contribution >= 4 is 44.8 Å². The Bertz CT molecular complexity index is 312. The van der Waals surface area contributed by atoms with Gasteiger partial charge in [0.05, 0.1) is 10.7 Å². The molecule has 0 saturated carbocycles. The van der Waals surface area contributed by atoms with Crippen LogP contribution in [0.15, 0.2) is 16.6 Å². The number of rotatable bonds is 2. The third kappa shape index (κ3) is 1.98. The lowest BCUT2D eigenvalue weighted by Gasteiger charge is -2.05. The van der Waals surface area contributed by atoms with E-state index >= 15 is 0 Å². The Morgan fingerprint density at radius 1 is 1.58 bits per heavy atom. The Kier molecular flexibility index (Phi) is 3.52. The first kappa shape index (κ1) is 9.98. The molecule has 0 bridgehead atoms. The smallest absolute Gasteiger partial charge is 0.151 e. The van der Waals surface area contributed by atoms with Gasteiger partial charge in [0.15, 0.2) is 6.29 Å². The van der Waals surface area contributed by atoms with Crippen molar-refractivity contribution in [3.8, 4) is 5.75 Å². The molecule has 0 aliphatic rings. The molecule has 0 amide bonds. The number of hydrogen-bond donors (Lipinski definition) is 0. The summed E-state index contributed by atoms with van der Waals surface area (Å²) in [6.07, 6.45) is 0.815. The Balaban J connectivity index is 3.31. The van der Waals surface area contributed by atoms with Gasteiger partial charge in [-0.2, -0.15) is 0 Å². The molecule has 1 rings (SSSR count). The zero-order valence-corrected chi connectivity index (χ0v) is 10.0. The van der Waals surface area contributed by atoms with E-state index in [1.807, 2.05) is 6.07 Å². The topological polar surface area (TPSA) is 26.3 Å². The van der Waals surface area contributed by atoms with Gasteiger partial charge in [-0.25, -0.2) is 0 Å². The standard InChI is InChI=1S/C8H6BrIO2/c1-12-7-3-6(9)2-5(4-11)8(7)10/h2-4H,1H3. The molecule has 0 aromatic heterocycles. The van der Waals surface area contributed by atoms with Gasteiger partial charge < -0.3 is 4.74 Å². The predicted octanol–water partition coefficient (Wildman–Crippen LogP) is 2.87. The fourth-order valence-corrected chi connectivity index (χ4v) is 1.93. The molecule has 0 radical (unpaired) electrons. The van der Waals surface area contributed by atoms with Gasteiger partial charge in [-0.3, -0.25) is 4.79 Å². The van der Waals surface area contributed by atoms with Crippen LogP contribution in [0.3, 0.4) is 0 Å². The minimum atomic E-state index is 0.641. The lowest BCUT2D eigenvalue weighted by atomic mass is 10.2. The molecule has 0 aliphatic carbocycles. The third-order valence-corrected chi connectivity index (χ3v) is 2.99. The summed E-state index contributed by atoms with van der Waals surface area (Å²) in [4.78, 5) is 10.6. The molecule has 0 N–H and O–H groups in total. The third-order valence-electron chi connectivity index (χ3n) is 1.38. The normalized spacial score (nSPS) is 9.58. The largest absolute Gasteiger partial charge is 0.496 e. The Morgan fingerprint density at radius 2 is 2.25 bits per heavy atom. The van der Waals surface area contributed by atoms with Gasteiger partial charge >= 0.3 is 0 Å². The van der Waals surface area contributed by atoms with Gasteiger partial charge in [0.1, 0.15) is 5.75 Å². The highest BCUT2D eigenvalue weighted by Gasteiger charge is 2.06. The van der Waals surface area contributed by atoms with Crippen LogP contribution in [0.2, 0.25) is 0 Å². The monoisotopic (exact) mass is 340 g/mol. The van der Waals surface area contributed by atoms with E-state index in [-0.39, 0.29) is 0 Å². The number of benzene rings is 1. The van der Waals surface area contributed by atoms with Crippen LogP contribution in [0.5, 0.6) is 5.75 Å². The number of ether oxygens (including phenoxy) is 1. The van der Waals surface area contributed by atoms with Crippen molar-refractivity contribution in [2.75, 3.05) is 7.11 Å². The summed E-state index contributed by atoms with van der Waals surface area (Å²) in [5.41, 5.74) is 0.641. The van der Waals surface area contributed by atoms with Crippen molar-refractivity contribution in [2.45, 2.75) is 0 Å². The van der Waals surface area contributed by atoms with Crippen LogP contribution in [-0.4, -0.2) is 13.4 Å². The lowest BCUT2D eigenvalue weighted by Crippen LogP contribution is -1.92. The first-order valence-electron chi connectivity index (χ1n) is 3.17. The van der Waals surface area contributed by atoms with Gasteiger partial charge in [0, 0.05) is 10.0 Å². The molecule has 0 atom stereocenters. The summed E-state index contributed by atoms with van der Waals surface area (Å²) >= 11 is 5.37. The Labute approximate surface area is 92.6 Å². The first-order chi connectivity index (χ1) is 5.69. The molecule has 0 fully saturated rings. The molecule has 4 heteroatoms. The summed E-state index contributed by atoms with van der Waals surface area (Å²) in [7, 11) is 1.58. The van der Waals surface area contributed by atoms with Crippen LogP contribution in [0.1, 0.15) is 10.4 Å². The van der Waals surface area contributed by atoms with E-state index in [9.17, 15) is 4.79 Å². The maximum absolute atomic E-state index is 10.6. The van der Waals surface area contributed by atoms with E-state index in [2.05, 4.69) is 38.5 Å². The van der Waals surface area contributed by atoms with Gasteiger partial charge in [-0.1, -0.05) is 15.9 Å². The minimum Gasteiger partial charge on any atom is -0.496 e. The molecule has 0 heterocycles. The van der Waals surface area contributed by atoms with Crippen LogP contribution in [-0.2, 0) is 0 Å². The average molecular weight is 341 g/mol. The van der Waals surface area contributed by atoms with E-state index < -0.39 is 0 Å². The molecule has 64 valence electrons. The SMILES string of the molecule is COc1cc(Br)cc(C=O)c1I. The highest BCUT2D eigenvalue weighted by Crippen LogP contribution is 2.27. The second kappa shape index (κ2) is 4.23. The van der Waals surface area contributed by atoms with Crippen LogP contribution in [0.25, 0.3) is 0 Å². The summed E-state index contributed by atoms with van der Waals surface area (Å²) in [5.74, 6) is 0.715. The first-order valence-corrected chi connectivity index (χ1v) is 5.04. The van der Waals surface area contributed by atoms with E-state index in [0.29, 0.717) is 11.3 Å². The molecule has 0 saturated heterocycles. The quantitative estimate of drug-likeness (QED) is 0.611. The fraction of sp³-hybridized carbons (Fsp3) is 0.125. The van der Waals surface area contributed by atoms with E-state index in [1.165, 1.54) is 0 Å². The lowest BCUT2D eigenvalue weighted by molar-refractivity contribution is 0.112. The van der Waals surface area contributed by atoms with Crippen LogP contribution < -0.4 is 4.74 Å². The van der Waals surface area contributed by atoms with Gasteiger partial charge in [0.25, 0.3) is 0 Å². The van der Waals surface area contributed by atoms with E-state index in [1.54, 1.807) is 13.2 Å².